The maximum Gasteiger partial charge on any atom is 0.303 e. The molecule has 0 aliphatic carbocycles. The third-order valence-electron chi connectivity index (χ3n) is 2.51. The zero-order chi connectivity index (χ0) is 10.4. The minimum Gasteiger partial charge on any atom is -0.481 e. The molecule has 1 aliphatic rings. The molecule has 0 bridgehead atoms. The lowest BCUT2D eigenvalue weighted by molar-refractivity contribution is -0.137. The average Bonchev–Trinajstić information content (AvgIpc) is 2.63. The molecule has 0 radical (unpaired) electrons. The summed E-state index contributed by atoms with van der Waals surface area (Å²) in [5, 5.41) is 12.7. The number of thioether (sulfide) groups is 1. The predicted molar refractivity (Wildman–Crippen MR) is 59.8 cm³/mol. The number of carboxylic acid groups (broad SMARTS) is 1. The molecule has 3 nitrogen and oxygen atoms in total. The Kier molecular flexibility index (Phi) is 5.33. The van der Waals surface area contributed by atoms with Crippen molar-refractivity contribution in [3.63, 3.8) is 0 Å². The van der Waals surface area contributed by atoms with Crippen molar-refractivity contribution in [1.82, 2.24) is 5.32 Å². The van der Waals surface area contributed by atoms with Crippen LogP contribution >= 0.6 is 11.8 Å². The van der Waals surface area contributed by atoms with E-state index in [1.165, 1.54) is 18.6 Å². The van der Waals surface area contributed by atoms with Crippen molar-refractivity contribution in [2.45, 2.75) is 43.9 Å². The van der Waals surface area contributed by atoms with Gasteiger partial charge in [0.05, 0.1) is 0 Å². The van der Waals surface area contributed by atoms with Crippen LogP contribution in [0.15, 0.2) is 0 Å². The van der Waals surface area contributed by atoms with Gasteiger partial charge in [-0.05, 0) is 31.9 Å². The Labute approximate surface area is 89.6 Å². The third kappa shape index (κ3) is 4.86. The van der Waals surface area contributed by atoms with E-state index in [0.717, 1.165) is 18.2 Å². The number of carboxylic acids is 1. The summed E-state index contributed by atoms with van der Waals surface area (Å²) >= 11 is 2.03. The summed E-state index contributed by atoms with van der Waals surface area (Å²) in [6.45, 7) is 3.09. The molecule has 2 N–H and O–H groups in total. The molecule has 82 valence electrons. The quantitative estimate of drug-likeness (QED) is 0.711. The third-order valence-corrected chi connectivity index (χ3v) is 3.91. The second-order valence-electron chi connectivity index (χ2n) is 3.88. The molecular formula is C10H19NO2S. The molecule has 0 aromatic rings. The van der Waals surface area contributed by atoms with Gasteiger partial charge in [-0.3, -0.25) is 4.79 Å². The Morgan fingerprint density at radius 2 is 2.50 bits per heavy atom. The number of aliphatic carboxylic acids is 1. The van der Waals surface area contributed by atoms with Gasteiger partial charge in [0, 0.05) is 24.3 Å². The topological polar surface area (TPSA) is 49.3 Å². The van der Waals surface area contributed by atoms with Crippen LogP contribution in [-0.4, -0.2) is 34.7 Å². The van der Waals surface area contributed by atoms with Crippen molar-refractivity contribution in [2.24, 2.45) is 0 Å². The molecule has 1 heterocycles. The summed E-state index contributed by atoms with van der Waals surface area (Å²) in [6.07, 6.45) is 3.64. The van der Waals surface area contributed by atoms with E-state index in [0.29, 0.717) is 6.04 Å². The SMILES string of the molecule is CC(CCC(=O)O)NCC1CCCS1. The second kappa shape index (κ2) is 6.30. The maximum absolute atomic E-state index is 10.3. The molecule has 2 atom stereocenters. The van der Waals surface area contributed by atoms with Gasteiger partial charge < -0.3 is 10.4 Å². The predicted octanol–water partition coefficient (Wildman–Crippen LogP) is 1.72. The molecule has 0 saturated carbocycles. The van der Waals surface area contributed by atoms with Crippen LogP contribution in [0.5, 0.6) is 0 Å². The van der Waals surface area contributed by atoms with Gasteiger partial charge in [0.25, 0.3) is 0 Å². The van der Waals surface area contributed by atoms with Crippen LogP contribution in [0.1, 0.15) is 32.6 Å². The largest absolute Gasteiger partial charge is 0.481 e. The summed E-state index contributed by atoms with van der Waals surface area (Å²) in [4.78, 5) is 10.3. The van der Waals surface area contributed by atoms with Crippen LogP contribution in [0.2, 0.25) is 0 Å². The van der Waals surface area contributed by atoms with Crippen LogP contribution in [0.3, 0.4) is 0 Å². The molecule has 4 heteroatoms. The summed E-state index contributed by atoms with van der Waals surface area (Å²) in [5.41, 5.74) is 0. The van der Waals surface area contributed by atoms with Crippen molar-refractivity contribution < 1.29 is 9.90 Å². The number of nitrogens with one attached hydrogen (secondary N) is 1. The monoisotopic (exact) mass is 217 g/mol. The maximum atomic E-state index is 10.3. The van der Waals surface area contributed by atoms with Gasteiger partial charge in [0.2, 0.25) is 0 Å². The van der Waals surface area contributed by atoms with E-state index < -0.39 is 5.97 Å². The van der Waals surface area contributed by atoms with E-state index in [4.69, 9.17) is 5.11 Å². The molecule has 0 spiro atoms. The van der Waals surface area contributed by atoms with Gasteiger partial charge >= 0.3 is 5.97 Å². The highest BCUT2D eigenvalue weighted by Gasteiger charge is 2.15. The van der Waals surface area contributed by atoms with Crippen LogP contribution in [-0.2, 0) is 4.79 Å². The van der Waals surface area contributed by atoms with Crippen LogP contribution in [0.25, 0.3) is 0 Å². The summed E-state index contributed by atoms with van der Waals surface area (Å²) in [7, 11) is 0. The zero-order valence-electron chi connectivity index (χ0n) is 8.66. The molecule has 0 aromatic heterocycles. The van der Waals surface area contributed by atoms with E-state index >= 15 is 0 Å². The van der Waals surface area contributed by atoms with Gasteiger partial charge in [-0.1, -0.05) is 0 Å². The van der Waals surface area contributed by atoms with Gasteiger partial charge in [0.1, 0.15) is 0 Å². The smallest absolute Gasteiger partial charge is 0.303 e. The average molecular weight is 217 g/mol. The van der Waals surface area contributed by atoms with E-state index in [9.17, 15) is 4.79 Å². The minimum absolute atomic E-state index is 0.270. The number of hydrogen-bond acceptors (Lipinski definition) is 3. The molecule has 0 amide bonds. The first kappa shape index (κ1) is 11.9. The van der Waals surface area contributed by atoms with Crippen LogP contribution in [0, 0.1) is 0 Å². The number of rotatable bonds is 6. The van der Waals surface area contributed by atoms with Crippen molar-refractivity contribution in [2.75, 3.05) is 12.3 Å². The summed E-state index contributed by atoms with van der Waals surface area (Å²) < 4.78 is 0. The van der Waals surface area contributed by atoms with Crippen molar-refractivity contribution >= 4 is 17.7 Å². The Morgan fingerprint density at radius 1 is 1.71 bits per heavy atom. The first-order valence-electron chi connectivity index (χ1n) is 5.25. The molecule has 0 aromatic carbocycles. The normalized spacial score (nSPS) is 23.6. The molecule has 1 saturated heterocycles. The first-order valence-corrected chi connectivity index (χ1v) is 6.30. The Bertz CT molecular complexity index is 181. The summed E-state index contributed by atoms with van der Waals surface area (Å²) in [6, 6.07) is 0.326. The van der Waals surface area contributed by atoms with Crippen LogP contribution < -0.4 is 5.32 Å². The van der Waals surface area contributed by atoms with E-state index in [2.05, 4.69) is 12.2 Å². The Morgan fingerprint density at radius 3 is 3.07 bits per heavy atom. The van der Waals surface area contributed by atoms with Gasteiger partial charge in [0.15, 0.2) is 0 Å². The molecule has 1 aliphatic heterocycles. The first-order chi connectivity index (χ1) is 6.68. The van der Waals surface area contributed by atoms with Crippen molar-refractivity contribution in [1.29, 1.82) is 0 Å². The molecular weight excluding hydrogens is 198 g/mol. The zero-order valence-corrected chi connectivity index (χ0v) is 9.48. The van der Waals surface area contributed by atoms with Gasteiger partial charge in [-0.2, -0.15) is 11.8 Å². The number of carbonyl (C=O) groups is 1. The van der Waals surface area contributed by atoms with E-state index in [1.54, 1.807) is 0 Å². The lowest BCUT2D eigenvalue weighted by Crippen LogP contribution is -2.32. The fourth-order valence-corrected chi connectivity index (χ4v) is 2.79. The molecule has 1 fully saturated rings. The van der Waals surface area contributed by atoms with E-state index in [-0.39, 0.29) is 6.42 Å². The van der Waals surface area contributed by atoms with Crippen LogP contribution in [0.4, 0.5) is 0 Å². The highest BCUT2D eigenvalue weighted by atomic mass is 32.2. The fraction of sp³-hybridized carbons (Fsp3) is 0.900. The Hall–Kier alpha value is -0.220. The summed E-state index contributed by atoms with van der Waals surface area (Å²) in [5.74, 6) is 0.587. The number of hydrogen-bond donors (Lipinski definition) is 2. The fourth-order valence-electron chi connectivity index (χ4n) is 1.58. The van der Waals surface area contributed by atoms with E-state index in [1.807, 2.05) is 11.8 Å². The second-order valence-corrected chi connectivity index (χ2v) is 5.28. The van der Waals surface area contributed by atoms with Gasteiger partial charge in [-0.15, -0.1) is 0 Å². The lowest BCUT2D eigenvalue weighted by Gasteiger charge is -2.15. The lowest BCUT2D eigenvalue weighted by atomic mass is 10.1. The molecule has 1 rings (SSSR count). The van der Waals surface area contributed by atoms with Crippen molar-refractivity contribution in [3.8, 4) is 0 Å². The molecule has 2 unspecified atom stereocenters. The highest BCUT2D eigenvalue weighted by molar-refractivity contribution is 8.00. The minimum atomic E-state index is -0.700. The Balaban J connectivity index is 2.02. The van der Waals surface area contributed by atoms with Gasteiger partial charge in [-0.25, -0.2) is 0 Å². The standard InChI is InChI=1S/C10H19NO2S/c1-8(4-5-10(12)13)11-7-9-3-2-6-14-9/h8-9,11H,2-7H2,1H3,(H,12,13). The highest BCUT2D eigenvalue weighted by Crippen LogP contribution is 2.25. The molecule has 14 heavy (non-hydrogen) atoms. The van der Waals surface area contributed by atoms with Crippen molar-refractivity contribution in [3.05, 3.63) is 0 Å².